The van der Waals surface area contributed by atoms with Crippen LogP contribution in [0.1, 0.15) is 20.3 Å². The molecule has 1 aromatic rings. The molecule has 0 saturated carbocycles. The van der Waals surface area contributed by atoms with Crippen molar-refractivity contribution < 1.29 is 18.4 Å². The van der Waals surface area contributed by atoms with Crippen LogP contribution in [0.2, 0.25) is 0 Å². The van der Waals surface area contributed by atoms with E-state index in [2.05, 4.69) is 10.3 Å². The first-order chi connectivity index (χ1) is 7.74. The first kappa shape index (κ1) is 13.6. The lowest BCUT2D eigenvalue weighted by molar-refractivity contribution is -0.129. The van der Waals surface area contributed by atoms with E-state index >= 15 is 0 Å². The second-order valence-corrected chi connectivity index (χ2v) is 6.22. The highest BCUT2D eigenvalue weighted by molar-refractivity contribution is 7.92. The Hall–Kier alpha value is -1.48. The molecule has 1 amide bonds. The number of aromatic nitrogens is 3. The van der Waals surface area contributed by atoms with E-state index in [4.69, 9.17) is 0 Å². The van der Waals surface area contributed by atoms with E-state index in [0.29, 0.717) is 0 Å². The molecular formula is C8H14N4O4S. The van der Waals surface area contributed by atoms with Crippen LogP contribution in [0.5, 0.6) is 0 Å². The zero-order chi connectivity index (χ0) is 13.3. The fourth-order valence-electron chi connectivity index (χ4n) is 1.18. The van der Waals surface area contributed by atoms with Gasteiger partial charge in [0, 0.05) is 6.26 Å². The van der Waals surface area contributed by atoms with Crippen molar-refractivity contribution in [2.75, 3.05) is 11.4 Å². The molecule has 17 heavy (non-hydrogen) atoms. The highest BCUT2D eigenvalue weighted by Gasteiger charge is 2.45. The molecule has 9 heteroatoms. The van der Waals surface area contributed by atoms with Crippen LogP contribution in [0.15, 0.2) is 12.4 Å². The van der Waals surface area contributed by atoms with Gasteiger partial charge in [-0.1, -0.05) is 6.92 Å². The van der Waals surface area contributed by atoms with Crippen molar-refractivity contribution in [2.45, 2.75) is 25.0 Å². The summed E-state index contributed by atoms with van der Waals surface area (Å²) in [5, 5.41) is 16.5. The molecule has 0 bridgehead atoms. The SMILES string of the molecule is CCC(C)(C(=O)N(O)n1ccnn1)S(C)(=O)=O. The number of hydroxylamine groups is 1. The number of amides is 1. The van der Waals surface area contributed by atoms with Crippen LogP contribution in [0.4, 0.5) is 0 Å². The quantitative estimate of drug-likeness (QED) is 0.570. The Morgan fingerprint density at radius 1 is 1.59 bits per heavy atom. The molecule has 0 spiro atoms. The molecule has 1 atom stereocenters. The third-order valence-electron chi connectivity index (χ3n) is 2.73. The third-order valence-corrected chi connectivity index (χ3v) is 4.83. The maximum Gasteiger partial charge on any atom is 0.289 e. The average Bonchev–Trinajstić information content (AvgIpc) is 2.77. The topological polar surface area (TPSA) is 105 Å². The standard InChI is InChI=1S/C8H14N4O4S/c1-4-8(2,17(3,15)16)7(13)12(14)11-6-5-9-10-11/h5-6,14H,4H2,1-3H3. The van der Waals surface area contributed by atoms with E-state index in [1.54, 1.807) is 6.92 Å². The minimum atomic E-state index is -3.66. The van der Waals surface area contributed by atoms with Gasteiger partial charge < -0.3 is 0 Å². The summed E-state index contributed by atoms with van der Waals surface area (Å²) >= 11 is 0. The molecule has 96 valence electrons. The zero-order valence-electron chi connectivity index (χ0n) is 9.73. The molecule has 1 heterocycles. The largest absolute Gasteiger partial charge is 0.289 e. The molecule has 1 N–H and O–H groups in total. The second-order valence-electron chi connectivity index (χ2n) is 3.77. The molecule has 1 unspecified atom stereocenters. The van der Waals surface area contributed by atoms with Crippen molar-refractivity contribution in [3.63, 3.8) is 0 Å². The Kier molecular flexibility index (Phi) is 3.53. The molecule has 0 aromatic carbocycles. The van der Waals surface area contributed by atoms with Gasteiger partial charge in [-0.3, -0.25) is 10.0 Å². The van der Waals surface area contributed by atoms with Gasteiger partial charge in [-0.05, 0) is 18.6 Å². The van der Waals surface area contributed by atoms with Gasteiger partial charge in [-0.15, -0.1) is 15.1 Å². The Morgan fingerprint density at radius 2 is 2.18 bits per heavy atom. The van der Waals surface area contributed by atoms with Crippen LogP contribution in [-0.2, 0) is 14.6 Å². The van der Waals surface area contributed by atoms with Gasteiger partial charge in [0.15, 0.2) is 14.6 Å². The number of sulfone groups is 1. The Morgan fingerprint density at radius 3 is 2.53 bits per heavy atom. The number of carbonyl (C=O) groups excluding carboxylic acids is 1. The summed E-state index contributed by atoms with van der Waals surface area (Å²) in [5.41, 5.74) is 0. The van der Waals surface area contributed by atoms with Gasteiger partial charge in [0.05, 0.1) is 12.4 Å². The lowest BCUT2D eigenvalue weighted by Gasteiger charge is -2.27. The highest BCUT2D eigenvalue weighted by atomic mass is 32.2. The molecule has 0 radical (unpaired) electrons. The molecule has 0 aliphatic rings. The van der Waals surface area contributed by atoms with Crippen molar-refractivity contribution in [3.05, 3.63) is 12.4 Å². The van der Waals surface area contributed by atoms with Gasteiger partial charge >= 0.3 is 0 Å². The van der Waals surface area contributed by atoms with E-state index in [0.717, 1.165) is 11.0 Å². The fourth-order valence-corrected chi connectivity index (χ4v) is 2.10. The number of carbonyl (C=O) groups is 1. The van der Waals surface area contributed by atoms with E-state index in [9.17, 15) is 18.4 Å². The summed E-state index contributed by atoms with van der Waals surface area (Å²) in [4.78, 5) is 12.7. The van der Waals surface area contributed by atoms with Gasteiger partial charge in [-0.2, -0.15) is 0 Å². The van der Waals surface area contributed by atoms with Crippen molar-refractivity contribution in [2.24, 2.45) is 0 Å². The summed E-state index contributed by atoms with van der Waals surface area (Å²) < 4.78 is 21.5. The summed E-state index contributed by atoms with van der Waals surface area (Å²) in [6.07, 6.45) is 3.45. The minimum absolute atomic E-state index is 0.0381. The maximum absolute atomic E-state index is 11.9. The smallest absolute Gasteiger partial charge is 0.269 e. The monoisotopic (exact) mass is 262 g/mol. The van der Waals surface area contributed by atoms with Gasteiger partial charge in [-0.25, -0.2) is 8.42 Å². The lowest BCUT2D eigenvalue weighted by atomic mass is 10.1. The van der Waals surface area contributed by atoms with Gasteiger partial charge in [0.1, 0.15) is 0 Å². The molecule has 1 rings (SSSR count). The van der Waals surface area contributed by atoms with E-state index in [1.807, 2.05) is 0 Å². The summed E-state index contributed by atoms with van der Waals surface area (Å²) in [6, 6.07) is 0. The zero-order valence-corrected chi connectivity index (χ0v) is 10.5. The summed E-state index contributed by atoms with van der Waals surface area (Å²) in [5.74, 6) is -0.979. The van der Waals surface area contributed by atoms with E-state index in [-0.39, 0.29) is 11.6 Å². The number of nitrogens with zero attached hydrogens (tertiary/aromatic N) is 4. The average molecular weight is 262 g/mol. The molecule has 0 fully saturated rings. The lowest BCUT2D eigenvalue weighted by Crippen LogP contribution is -2.54. The second kappa shape index (κ2) is 4.41. The van der Waals surface area contributed by atoms with Crippen molar-refractivity contribution in [1.82, 2.24) is 15.1 Å². The maximum atomic E-state index is 11.9. The molecule has 0 saturated heterocycles. The van der Waals surface area contributed by atoms with Crippen molar-refractivity contribution in [3.8, 4) is 0 Å². The molecule has 1 aromatic heterocycles. The van der Waals surface area contributed by atoms with Crippen molar-refractivity contribution in [1.29, 1.82) is 0 Å². The first-order valence-corrected chi connectivity index (χ1v) is 6.73. The Balaban J connectivity index is 3.12. The number of rotatable bonds is 4. The summed E-state index contributed by atoms with van der Waals surface area (Å²) in [7, 11) is -3.66. The number of hydrogen-bond donors (Lipinski definition) is 1. The fraction of sp³-hybridized carbons (Fsp3) is 0.625. The Bertz CT molecular complexity index is 498. The normalized spacial score (nSPS) is 15.3. The molecule has 8 nitrogen and oxygen atoms in total. The van der Waals surface area contributed by atoms with Gasteiger partial charge in [0.25, 0.3) is 5.91 Å². The third kappa shape index (κ3) is 2.29. The highest BCUT2D eigenvalue weighted by Crippen LogP contribution is 2.22. The number of hydrogen-bond acceptors (Lipinski definition) is 6. The van der Waals surface area contributed by atoms with Crippen molar-refractivity contribution >= 4 is 15.7 Å². The van der Waals surface area contributed by atoms with E-state index in [1.165, 1.54) is 19.3 Å². The first-order valence-electron chi connectivity index (χ1n) is 4.83. The molecular weight excluding hydrogens is 248 g/mol. The molecule has 0 aliphatic heterocycles. The van der Waals surface area contributed by atoms with Crippen LogP contribution in [-0.4, -0.2) is 45.6 Å². The summed E-state index contributed by atoms with van der Waals surface area (Å²) in [6.45, 7) is 2.80. The van der Waals surface area contributed by atoms with Crippen LogP contribution < -0.4 is 5.17 Å². The predicted octanol–water partition coefficient (Wildman–Crippen LogP) is -0.655. The minimum Gasteiger partial charge on any atom is -0.269 e. The molecule has 0 aliphatic carbocycles. The van der Waals surface area contributed by atoms with Crippen LogP contribution in [0.25, 0.3) is 0 Å². The van der Waals surface area contributed by atoms with Crippen LogP contribution >= 0.6 is 0 Å². The van der Waals surface area contributed by atoms with Crippen LogP contribution in [0.3, 0.4) is 0 Å². The predicted molar refractivity (Wildman–Crippen MR) is 58.6 cm³/mol. The van der Waals surface area contributed by atoms with Crippen LogP contribution in [0, 0.1) is 0 Å². The van der Waals surface area contributed by atoms with E-state index < -0.39 is 20.5 Å². The Labute approximate surface area is 98.7 Å². The van der Waals surface area contributed by atoms with Gasteiger partial charge in [0.2, 0.25) is 0 Å².